The number of hydrogen-bond donors (Lipinski definition) is 1. The third kappa shape index (κ3) is 3.03. The van der Waals surface area contributed by atoms with Gasteiger partial charge in [0.2, 0.25) is 0 Å². The Balaban J connectivity index is 1.92. The summed E-state index contributed by atoms with van der Waals surface area (Å²) in [5.74, 6) is 0.114. The summed E-state index contributed by atoms with van der Waals surface area (Å²) in [5, 5.41) is 0. The lowest BCUT2D eigenvalue weighted by atomic mass is 9.90. The number of hydrogen-bond acceptors (Lipinski definition) is 2. The van der Waals surface area contributed by atoms with Crippen molar-refractivity contribution >= 4 is 21.8 Å². The molecule has 0 bridgehead atoms. The number of aromatic nitrogens is 1. The lowest BCUT2D eigenvalue weighted by Gasteiger charge is -2.22. The quantitative estimate of drug-likeness (QED) is 0.870. The van der Waals surface area contributed by atoms with Gasteiger partial charge in [-0.2, -0.15) is 0 Å². The Morgan fingerprint density at radius 1 is 1.29 bits per heavy atom. The van der Waals surface area contributed by atoms with Crippen LogP contribution in [0.15, 0.2) is 34.8 Å². The van der Waals surface area contributed by atoms with Crippen molar-refractivity contribution in [1.82, 2.24) is 9.47 Å². The van der Waals surface area contributed by atoms with Crippen molar-refractivity contribution in [3.8, 4) is 5.69 Å². The number of aryl methyl sites for hydroxylation is 1. The maximum Gasteiger partial charge on any atom is 0.255 e. The molecule has 0 radical (unpaired) electrons. The van der Waals surface area contributed by atoms with E-state index >= 15 is 0 Å². The highest BCUT2D eigenvalue weighted by Crippen LogP contribution is 2.31. The van der Waals surface area contributed by atoms with Gasteiger partial charge in [0.05, 0.1) is 5.56 Å². The van der Waals surface area contributed by atoms with Gasteiger partial charge in [-0.15, -0.1) is 0 Å². The zero-order valence-electron chi connectivity index (χ0n) is 14.5. The van der Waals surface area contributed by atoms with Gasteiger partial charge in [0, 0.05) is 34.6 Å². The summed E-state index contributed by atoms with van der Waals surface area (Å²) >= 11 is 3.47. The molecule has 1 aromatic heterocycles. The van der Waals surface area contributed by atoms with Crippen molar-refractivity contribution < 1.29 is 4.79 Å². The molecule has 1 atom stereocenters. The van der Waals surface area contributed by atoms with E-state index in [0.717, 1.165) is 46.6 Å². The third-order valence-electron chi connectivity index (χ3n) is 5.08. The topological polar surface area (TPSA) is 51.3 Å². The number of nitrogens with zero attached hydrogens (tertiary/aromatic N) is 2. The van der Waals surface area contributed by atoms with E-state index in [2.05, 4.69) is 39.6 Å². The van der Waals surface area contributed by atoms with Crippen molar-refractivity contribution in [3.05, 3.63) is 51.8 Å². The largest absolute Gasteiger partial charge is 0.338 e. The zero-order valence-corrected chi connectivity index (χ0v) is 16.1. The first-order chi connectivity index (χ1) is 11.3. The van der Waals surface area contributed by atoms with Gasteiger partial charge in [0.25, 0.3) is 5.91 Å². The number of likely N-dealkylation sites (tertiary alicyclic amines) is 1. The fourth-order valence-electron chi connectivity index (χ4n) is 3.50. The summed E-state index contributed by atoms with van der Waals surface area (Å²) in [6.45, 7) is 8.36. The van der Waals surface area contributed by atoms with E-state index in [0.29, 0.717) is 6.54 Å². The highest BCUT2D eigenvalue weighted by molar-refractivity contribution is 9.10. The van der Waals surface area contributed by atoms with E-state index in [4.69, 9.17) is 5.73 Å². The first-order valence-corrected chi connectivity index (χ1v) is 9.08. The summed E-state index contributed by atoms with van der Waals surface area (Å²) in [7, 11) is 0. The predicted octanol–water partition coefficient (Wildman–Crippen LogP) is 3.67. The fraction of sp³-hybridized carbons (Fsp3) is 0.421. The molecule has 2 aromatic rings. The number of halogens is 1. The Labute approximate surface area is 151 Å². The lowest BCUT2D eigenvalue weighted by molar-refractivity contribution is 0.0776. The molecule has 2 N–H and O–H groups in total. The van der Waals surface area contributed by atoms with Crippen LogP contribution in [0.4, 0.5) is 0 Å². The van der Waals surface area contributed by atoms with Crippen molar-refractivity contribution in [1.29, 1.82) is 0 Å². The molecular weight excluding hydrogens is 366 g/mol. The number of rotatable bonds is 3. The summed E-state index contributed by atoms with van der Waals surface area (Å²) in [6, 6.07) is 10.1. The molecule has 1 unspecified atom stereocenters. The highest BCUT2D eigenvalue weighted by atomic mass is 79.9. The Hall–Kier alpha value is -1.59. The second-order valence-corrected chi connectivity index (χ2v) is 8.00. The minimum atomic E-state index is 0.0485. The number of amides is 1. The summed E-state index contributed by atoms with van der Waals surface area (Å²) in [5.41, 5.74) is 9.83. The molecule has 0 aliphatic carbocycles. The smallest absolute Gasteiger partial charge is 0.255 e. The average molecular weight is 390 g/mol. The fourth-order valence-corrected chi connectivity index (χ4v) is 3.77. The predicted molar refractivity (Wildman–Crippen MR) is 101 cm³/mol. The monoisotopic (exact) mass is 389 g/mol. The van der Waals surface area contributed by atoms with Gasteiger partial charge < -0.3 is 15.2 Å². The second-order valence-electron chi connectivity index (χ2n) is 7.09. The average Bonchev–Trinajstić information content (AvgIpc) is 3.09. The van der Waals surface area contributed by atoms with Crippen molar-refractivity contribution in [2.45, 2.75) is 27.2 Å². The van der Waals surface area contributed by atoms with Gasteiger partial charge in [-0.1, -0.05) is 22.9 Å². The van der Waals surface area contributed by atoms with Crippen LogP contribution in [-0.2, 0) is 0 Å². The van der Waals surface area contributed by atoms with Crippen molar-refractivity contribution in [2.75, 3.05) is 19.6 Å². The number of carbonyl (C=O) groups is 1. The van der Waals surface area contributed by atoms with Crippen LogP contribution in [0.2, 0.25) is 0 Å². The van der Waals surface area contributed by atoms with Crippen LogP contribution >= 0.6 is 15.9 Å². The summed E-state index contributed by atoms with van der Waals surface area (Å²) in [6.07, 6.45) is 0.973. The summed E-state index contributed by atoms with van der Waals surface area (Å²) < 4.78 is 3.18. The second kappa shape index (κ2) is 6.37. The van der Waals surface area contributed by atoms with E-state index < -0.39 is 0 Å². The van der Waals surface area contributed by atoms with Gasteiger partial charge in [-0.05, 0) is 62.6 Å². The Morgan fingerprint density at radius 3 is 2.54 bits per heavy atom. The van der Waals surface area contributed by atoms with Crippen LogP contribution in [-0.4, -0.2) is 35.0 Å². The molecule has 0 saturated carbocycles. The SMILES string of the molecule is Cc1cc(C(=O)N2CCC(C)(CN)C2)c(C)n1-c1ccc(Br)cc1. The summed E-state index contributed by atoms with van der Waals surface area (Å²) in [4.78, 5) is 14.9. The molecule has 5 heteroatoms. The van der Waals surface area contributed by atoms with Crippen LogP contribution in [0, 0.1) is 19.3 Å². The zero-order chi connectivity index (χ0) is 17.5. The normalized spacial score (nSPS) is 20.6. The molecule has 1 saturated heterocycles. The number of benzene rings is 1. The third-order valence-corrected chi connectivity index (χ3v) is 5.61. The Morgan fingerprint density at radius 2 is 1.96 bits per heavy atom. The van der Waals surface area contributed by atoms with Crippen LogP contribution < -0.4 is 5.73 Å². The van der Waals surface area contributed by atoms with E-state index in [1.54, 1.807) is 0 Å². The molecule has 2 heterocycles. The van der Waals surface area contributed by atoms with Gasteiger partial charge in [-0.3, -0.25) is 4.79 Å². The van der Waals surface area contributed by atoms with Gasteiger partial charge in [0.15, 0.2) is 0 Å². The first-order valence-electron chi connectivity index (χ1n) is 8.29. The minimum absolute atomic E-state index is 0.0485. The highest BCUT2D eigenvalue weighted by Gasteiger charge is 2.36. The number of carbonyl (C=O) groups excluding carboxylic acids is 1. The first kappa shape index (κ1) is 17.2. The minimum Gasteiger partial charge on any atom is -0.338 e. The van der Waals surface area contributed by atoms with Crippen LogP contribution in [0.3, 0.4) is 0 Å². The van der Waals surface area contributed by atoms with E-state index in [-0.39, 0.29) is 11.3 Å². The molecule has 1 aliphatic heterocycles. The van der Waals surface area contributed by atoms with E-state index in [1.807, 2.05) is 36.9 Å². The molecule has 1 aliphatic rings. The van der Waals surface area contributed by atoms with Crippen molar-refractivity contribution in [2.24, 2.45) is 11.1 Å². The van der Waals surface area contributed by atoms with Crippen LogP contribution in [0.5, 0.6) is 0 Å². The van der Waals surface area contributed by atoms with E-state index in [9.17, 15) is 4.79 Å². The van der Waals surface area contributed by atoms with Crippen molar-refractivity contribution in [3.63, 3.8) is 0 Å². The maximum absolute atomic E-state index is 13.0. The van der Waals surface area contributed by atoms with Gasteiger partial charge >= 0.3 is 0 Å². The van der Waals surface area contributed by atoms with Crippen LogP contribution in [0.1, 0.15) is 35.1 Å². The van der Waals surface area contributed by atoms with Gasteiger partial charge in [-0.25, -0.2) is 0 Å². The molecule has 128 valence electrons. The molecular formula is C19H24BrN3O. The lowest BCUT2D eigenvalue weighted by Crippen LogP contribution is -2.34. The van der Waals surface area contributed by atoms with Gasteiger partial charge in [0.1, 0.15) is 0 Å². The molecule has 1 amide bonds. The maximum atomic E-state index is 13.0. The molecule has 3 rings (SSSR count). The molecule has 24 heavy (non-hydrogen) atoms. The molecule has 4 nitrogen and oxygen atoms in total. The van der Waals surface area contributed by atoms with Crippen LogP contribution in [0.25, 0.3) is 5.69 Å². The molecule has 1 aromatic carbocycles. The Bertz CT molecular complexity index is 766. The Kier molecular flexibility index (Phi) is 4.58. The molecule has 0 spiro atoms. The standard InChI is InChI=1S/C19H24BrN3O/c1-13-10-17(18(24)22-9-8-19(3,11-21)12-22)14(2)23(13)16-6-4-15(20)5-7-16/h4-7,10H,8-9,11-12,21H2,1-3H3. The number of nitrogens with two attached hydrogens (primary N) is 1. The molecule has 1 fully saturated rings. The van der Waals surface area contributed by atoms with E-state index in [1.165, 1.54) is 0 Å².